The van der Waals surface area contributed by atoms with E-state index in [1.165, 1.54) is 29.3 Å². The van der Waals surface area contributed by atoms with Gasteiger partial charge in [0.2, 0.25) is 0 Å². The number of pyridine rings is 1. The zero-order chi connectivity index (χ0) is 15.4. The van der Waals surface area contributed by atoms with E-state index in [9.17, 15) is 9.59 Å². The number of anilines is 2. The first-order valence-electron chi connectivity index (χ1n) is 6.39. The molecule has 0 bridgehead atoms. The van der Waals surface area contributed by atoms with E-state index in [-0.39, 0.29) is 17.2 Å². The van der Waals surface area contributed by atoms with E-state index in [2.05, 4.69) is 4.98 Å². The molecule has 2 rings (SSSR count). The summed E-state index contributed by atoms with van der Waals surface area (Å²) in [5.41, 5.74) is 7.14. The summed E-state index contributed by atoms with van der Waals surface area (Å²) in [6.45, 7) is 2.23. The number of carbonyl (C=O) groups is 2. The lowest BCUT2D eigenvalue weighted by molar-refractivity contribution is 0.0697. The number of benzene rings is 1. The van der Waals surface area contributed by atoms with Gasteiger partial charge in [-0.1, -0.05) is 0 Å². The van der Waals surface area contributed by atoms with Crippen LogP contribution in [0.3, 0.4) is 0 Å². The molecule has 1 amide bonds. The SMILES string of the molecule is CCN(C(=O)c1cccnc1)c1ccc(C(=O)O)cc1N. The van der Waals surface area contributed by atoms with Crippen LogP contribution in [0.5, 0.6) is 0 Å². The first-order valence-corrected chi connectivity index (χ1v) is 6.39. The third-order valence-corrected chi connectivity index (χ3v) is 3.04. The highest BCUT2D eigenvalue weighted by molar-refractivity contribution is 6.07. The number of amides is 1. The number of hydrogen-bond acceptors (Lipinski definition) is 4. The molecule has 0 aliphatic heterocycles. The van der Waals surface area contributed by atoms with Crippen LogP contribution in [0.15, 0.2) is 42.7 Å². The summed E-state index contributed by atoms with van der Waals surface area (Å²) >= 11 is 0. The third kappa shape index (κ3) is 3.00. The van der Waals surface area contributed by atoms with E-state index < -0.39 is 5.97 Å². The number of carboxylic acid groups (broad SMARTS) is 1. The summed E-state index contributed by atoms with van der Waals surface area (Å²) in [4.78, 5) is 28.8. The number of hydrogen-bond donors (Lipinski definition) is 2. The summed E-state index contributed by atoms with van der Waals surface area (Å²) in [6, 6.07) is 7.65. The van der Waals surface area contributed by atoms with Gasteiger partial charge >= 0.3 is 5.97 Å². The van der Waals surface area contributed by atoms with Crippen molar-refractivity contribution in [2.45, 2.75) is 6.92 Å². The Balaban J connectivity index is 2.38. The molecule has 1 heterocycles. The van der Waals surface area contributed by atoms with Crippen LogP contribution in [0.25, 0.3) is 0 Å². The van der Waals surface area contributed by atoms with Crippen molar-refractivity contribution in [2.75, 3.05) is 17.2 Å². The van der Waals surface area contributed by atoms with Crippen molar-refractivity contribution in [3.05, 3.63) is 53.9 Å². The molecular formula is C15H15N3O3. The van der Waals surface area contributed by atoms with Gasteiger partial charge in [0.1, 0.15) is 0 Å². The molecule has 1 aromatic carbocycles. The van der Waals surface area contributed by atoms with Gasteiger partial charge in [-0.05, 0) is 37.3 Å². The Morgan fingerprint density at radius 1 is 1.29 bits per heavy atom. The van der Waals surface area contributed by atoms with Gasteiger partial charge in [0, 0.05) is 18.9 Å². The summed E-state index contributed by atoms with van der Waals surface area (Å²) in [5.74, 6) is -1.30. The van der Waals surface area contributed by atoms with E-state index in [0.717, 1.165) is 0 Å². The van der Waals surface area contributed by atoms with Crippen molar-refractivity contribution in [3.63, 3.8) is 0 Å². The number of nitrogens with two attached hydrogens (primary N) is 1. The molecule has 0 saturated carbocycles. The summed E-state index contributed by atoms with van der Waals surface area (Å²) in [5, 5.41) is 8.94. The molecule has 2 aromatic rings. The quantitative estimate of drug-likeness (QED) is 0.838. The largest absolute Gasteiger partial charge is 0.478 e. The monoisotopic (exact) mass is 285 g/mol. The minimum absolute atomic E-state index is 0.0844. The van der Waals surface area contributed by atoms with E-state index in [1.54, 1.807) is 18.3 Å². The van der Waals surface area contributed by atoms with Crippen molar-refractivity contribution >= 4 is 23.3 Å². The van der Waals surface area contributed by atoms with E-state index in [1.807, 2.05) is 6.92 Å². The third-order valence-electron chi connectivity index (χ3n) is 3.04. The summed E-state index contributed by atoms with van der Waals surface area (Å²) < 4.78 is 0. The van der Waals surface area contributed by atoms with Crippen molar-refractivity contribution in [1.29, 1.82) is 0 Å². The number of rotatable bonds is 4. The molecule has 0 fully saturated rings. The smallest absolute Gasteiger partial charge is 0.335 e. The minimum Gasteiger partial charge on any atom is -0.478 e. The number of aromatic carboxylic acids is 1. The van der Waals surface area contributed by atoms with Gasteiger partial charge in [-0.25, -0.2) is 4.79 Å². The molecule has 0 saturated heterocycles. The molecule has 0 radical (unpaired) electrons. The molecule has 1 aromatic heterocycles. The van der Waals surface area contributed by atoms with Crippen LogP contribution in [0.4, 0.5) is 11.4 Å². The predicted molar refractivity (Wildman–Crippen MR) is 79.4 cm³/mol. The Bertz CT molecular complexity index is 671. The van der Waals surface area contributed by atoms with Crippen LogP contribution < -0.4 is 10.6 Å². The zero-order valence-corrected chi connectivity index (χ0v) is 11.5. The van der Waals surface area contributed by atoms with E-state index in [0.29, 0.717) is 17.8 Å². The molecule has 0 atom stereocenters. The molecule has 108 valence electrons. The number of carbonyl (C=O) groups excluding carboxylic acids is 1. The molecule has 0 spiro atoms. The van der Waals surface area contributed by atoms with E-state index >= 15 is 0 Å². The number of nitrogen functional groups attached to an aromatic ring is 1. The molecule has 6 heteroatoms. The average Bonchev–Trinajstić information content (AvgIpc) is 2.50. The Labute approximate surface area is 121 Å². The Morgan fingerprint density at radius 3 is 2.57 bits per heavy atom. The second-order valence-corrected chi connectivity index (χ2v) is 4.37. The van der Waals surface area contributed by atoms with Crippen LogP contribution in [0, 0.1) is 0 Å². The predicted octanol–water partition coefficient (Wildman–Crippen LogP) is 2.03. The first-order chi connectivity index (χ1) is 10.0. The first kappa shape index (κ1) is 14.5. The van der Waals surface area contributed by atoms with Crippen molar-refractivity contribution < 1.29 is 14.7 Å². The van der Waals surface area contributed by atoms with Gasteiger partial charge in [0.05, 0.1) is 22.5 Å². The van der Waals surface area contributed by atoms with Gasteiger partial charge < -0.3 is 15.7 Å². The molecule has 3 N–H and O–H groups in total. The highest BCUT2D eigenvalue weighted by atomic mass is 16.4. The highest BCUT2D eigenvalue weighted by Gasteiger charge is 2.19. The maximum atomic E-state index is 12.5. The van der Waals surface area contributed by atoms with Gasteiger partial charge in [-0.2, -0.15) is 0 Å². The van der Waals surface area contributed by atoms with Crippen LogP contribution in [0.1, 0.15) is 27.6 Å². The fraction of sp³-hybridized carbons (Fsp3) is 0.133. The maximum absolute atomic E-state index is 12.5. The topological polar surface area (TPSA) is 96.5 Å². The van der Waals surface area contributed by atoms with Gasteiger partial charge in [0.25, 0.3) is 5.91 Å². The molecular weight excluding hydrogens is 270 g/mol. The van der Waals surface area contributed by atoms with Crippen molar-refractivity contribution in [1.82, 2.24) is 4.98 Å². The molecule has 21 heavy (non-hydrogen) atoms. The lowest BCUT2D eigenvalue weighted by atomic mass is 10.1. The standard InChI is InChI=1S/C15H15N3O3/c1-2-18(14(19)11-4-3-7-17-9-11)13-6-5-10(15(20)21)8-12(13)16/h3-9H,2,16H2,1H3,(H,20,21). The van der Waals surface area contributed by atoms with Gasteiger partial charge in [-0.15, -0.1) is 0 Å². The molecule has 0 aliphatic rings. The number of aromatic nitrogens is 1. The summed E-state index contributed by atoms with van der Waals surface area (Å²) in [6.07, 6.45) is 3.07. The maximum Gasteiger partial charge on any atom is 0.335 e. The second kappa shape index (κ2) is 6.04. The highest BCUT2D eigenvalue weighted by Crippen LogP contribution is 2.25. The number of carboxylic acids is 1. The van der Waals surface area contributed by atoms with Crippen LogP contribution in [-0.4, -0.2) is 28.5 Å². The van der Waals surface area contributed by atoms with Crippen molar-refractivity contribution in [3.8, 4) is 0 Å². The fourth-order valence-corrected chi connectivity index (χ4v) is 2.00. The molecule has 6 nitrogen and oxygen atoms in total. The Morgan fingerprint density at radius 2 is 2.05 bits per heavy atom. The Hall–Kier alpha value is -2.89. The van der Waals surface area contributed by atoms with Crippen LogP contribution in [0.2, 0.25) is 0 Å². The van der Waals surface area contributed by atoms with Crippen molar-refractivity contribution in [2.24, 2.45) is 0 Å². The zero-order valence-electron chi connectivity index (χ0n) is 11.5. The second-order valence-electron chi connectivity index (χ2n) is 4.37. The van der Waals surface area contributed by atoms with Crippen LogP contribution >= 0.6 is 0 Å². The normalized spacial score (nSPS) is 10.1. The molecule has 0 unspecified atom stereocenters. The summed E-state index contributed by atoms with van der Waals surface area (Å²) in [7, 11) is 0. The lowest BCUT2D eigenvalue weighted by Gasteiger charge is -2.22. The molecule has 0 aliphatic carbocycles. The lowest BCUT2D eigenvalue weighted by Crippen LogP contribution is -2.31. The Kier molecular flexibility index (Phi) is 4.18. The average molecular weight is 285 g/mol. The van der Waals surface area contributed by atoms with Gasteiger partial charge in [-0.3, -0.25) is 9.78 Å². The number of nitrogens with zero attached hydrogens (tertiary/aromatic N) is 2. The minimum atomic E-state index is -1.06. The van der Waals surface area contributed by atoms with Gasteiger partial charge in [0.15, 0.2) is 0 Å². The van der Waals surface area contributed by atoms with Crippen LogP contribution in [-0.2, 0) is 0 Å². The fourth-order valence-electron chi connectivity index (χ4n) is 2.00. The van der Waals surface area contributed by atoms with E-state index in [4.69, 9.17) is 10.8 Å².